The lowest BCUT2D eigenvalue weighted by atomic mass is 10.0. The molecule has 0 spiro atoms. The first-order valence-electron chi connectivity index (χ1n) is 9.01. The van der Waals surface area contributed by atoms with Crippen LogP contribution in [0.25, 0.3) is 10.8 Å². The van der Waals surface area contributed by atoms with Gasteiger partial charge in [-0.1, -0.05) is 30.3 Å². The molecule has 0 unspecified atom stereocenters. The van der Waals surface area contributed by atoms with Gasteiger partial charge in [-0.15, -0.1) is 12.4 Å². The first-order chi connectivity index (χ1) is 13.2. The molecule has 148 valence electrons. The van der Waals surface area contributed by atoms with Crippen LogP contribution in [0.2, 0.25) is 0 Å². The van der Waals surface area contributed by atoms with Crippen molar-refractivity contribution in [1.29, 1.82) is 0 Å². The Morgan fingerprint density at radius 2 is 1.75 bits per heavy atom. The van der Waals surface area contributed by atoms with Gasteiger partial charge in [0.05, 0.1) is 11.5 Å². The van der Waals surface area contributed by atoms with Gasteiger partial charge in [0.1, 0.15) is 5.75 Å². The number of nitro groups is 1. The average molecular weight is 402 g/mol. The van der Waals surface area contributed by atoms with E-state index in [2.05, 4.69) is 28.8 Å². The topological polar surface area (TPSA) is 76.4 Å². The van der Waals surface area contributed by atoms with Gasteiger partial charge >= 0.3 is 0 Å². The summed E-state index contributed by atoms with van der Waals surface area (Å²) in [7, 11) is 0. The van der Waals surface area contributed by atoms with E-state index in [0.29, 0.717) is 19.7 Å². The van der Waals surface area contributed by atoms with Gasteiger partial charge in [0.15, 0.2) is 0 Å². The number of rotatable bonds is 9. The lowest BCUT2D eigenvalue weighted by molar-refractivity contribution is -0.384. The summed E-state index contributed by atoms with van der Waals surface area (Å²) in [6.45, 7) is 4.80. The fourth-order valence-electron chi connectivity index (χ4n) is 3.00. The van der Waals surface area contributed by atoms with Crippen LogP contribution in [0.5, 0.6) is 5.75 Å². The van der Waals surface area contributed by atoms with Crippen molar-refractivity contribution in [2.45, 2.75) is 13.5 Å². The Labute approximate surface area is 170 Å². The first kappa shape index (κ1) is 21.5. The molecule has 0 amide bonds. The second kappa shape index (κ2) is 10.5. The highest BCUT2D eigenvalue weighted by atomic mass is 35.5. The Bertz CT molecular complexity index is 916. The van der Waals surface area contributed by atoms with Crippen molar-refractivity contribution in [1.82, 2.24) is 5.32 Å². The van der Waals surface area contributed by atoms with Gasteiger partial charge in [-0.3, -0.25) is 10.1 Å². The van der Waals surface area contributed by atoms with E-state index in [1.165, 1.54) is 22.9 Å². The number of halogens is 1. The zero-order valence-electron chi connectivity index (χ0n) is 15.7. The van der Waals surface area contributed by atoms with Gasteiger partial charge in [0.25, 0.3) is 5.69 Å². The summed E-state index contributed by atoms with van der Waals surface area (Å²) in [5.41, 5.74) is 2.12. The fourth-order valence-corrected chi connectivity index (χ4v) is 3.00. The van der Waals surface area contributed by atoms with E-state index in [0.717, 1.165) is 23.5 Å². The van der Waals surface area contributed by atoms with E-state index in [4.69, 9.17) is 4.74 Å². The van der Waals surface area contributed by atoms with Gasteiger partial charge in [-0.25, -0.2) is 0 Å². The van der Waals surface area contributed by atoms with E-state index in [1.807, 2.05) is 25.1 Å². The molecule has 6 nitrogen and oxygen atoms in total. The summed E-state index contributed by atoms with van der Waals surface area (Å²) in [6, 6.07) is 18.8. The Morgan fingerprint density at radius 1 is 1.00 bits per heavy atom. The maximum atomic E-state index is 10.7. The standard InChI is InChI=1S/C21H23N3O3.ClH/c1-2-27-21-12-7-16-5-3-4-6-19(16)20(21)15-22-13-14-23-17-8-10-18(11-9-17)24(25)26;/h3-12,22-23H,2,13-15H2,1H3;1H. The predicted octanol–water partition coefficient (Wildman–Crippen LogP) is 4.77. The lowest BCUT2D eigenvalue weighted by Crippen LogP contribution is -2.22. The Kier molecular flexibility index (Phi) is 8.04. The van der Waals surface area contributed by atoms with Crippen LogP contribution in [0.15, 0.2) is 60.7 Å². The van der Waals surface area contributed by atoms with Crippen molar-refractivity contribution in [2.24, 2.45) is 0 Å². The number of non-ortho nitro benzene ring substituents is 1. The van der Waals surface area contributed by atoms with E-state index < -0.39 is 4.92 Å². The summed E-state index contributed by atoms with van der Waals surface area (Å²) < 4.78 is 5.79. The molecule has 0 saturated carbocycles. The number of anilines is 1. The largest absolute Gasteiger partial charge is 0.494 e. The molecular formula is C21H24ClN3O3. The van der Waals surface area contributed by atoms with Crippen molar-refractivity contribution in [3.8, 4) is 5.75 Å². The molecule has 0 aliphatic heterocycles. The predicted molar refractivity (Wildman–Crippen MR) is 116 cm³/mol. The highest BCUT2D eigenvalue weighted by Gasteiger charge is 2.08. The minimum Gasteiger partial charge on any atom is -0.494 e. The van der Waals surface area contributed by atoms with Crippen LogP contribution >= 0.6 is 12.4 Å². The third-order valence-electron chi connectivity index (χ3n) is 4.31. The minimum absolute atomic E-state index is 0. The molecule has 0 aliphatic rings. The Hall–Kier alpha value is -2.83. The Morgan fingerprint density at radius 3 is 2.46 bits per heavy atom. The molecule has 28 heavy (non-hydrogen) atoms. The number of fused-ring (bicyclic) bond motifs is 1. The zero-order valence-corrected chi connectivity index (χ0v) is 16.5. The maximum Gasteiger partial charge on any atom is 0.269 e. The molecule has 3 aromatic rings. The van der Waals surface area contributed by atoms with Gasteiger partial charge in [-0.2, -0.15) is 0 Å². The smallest absolute Gasteiger partial charge is 0.269 e. The zero-order chi connectivity index (χ0) is 19.1. The molecule has 0 bridgehead atoms. The van der Waals surface area contributed by atoms with Crippen molar-refractivity contribution >= 4 is 34.6 Å². The van der Waals surface area contributed by atoms with E-state index in [-0.39, 0.29) is 18.1 Å². The molecule has 3 rings (SSSR count). The van der Waals surface area contributed by atoms with E-state index in [9.17, 15) is 10.1 Å². The number of hydrogen-bond acceptors (Lipinski definition) is 5. The molecule has 0 heterocycles. The number of ether oxygens (including phenoxy) is 1. The molecule has 0 atom stereocenters. The van der Waals surface area contributed by atoms with Crippen LogP contribution in [-0.4, -0.2) is 24.6 Å². The average Bonchev–Trinajstić information content (AvgIpc) is 2.69. The number of hydrogen-bond donors (Lipinski definition) is 2. The molecule has 0 aromatic heterocycles. The lowest BCUT2D eigenvalue weighted by Gasteiger charge is -2.14. The van der Waals surface area contributed by atoms with Crippen LogP contribution < -0.4 is 15.4 Å². The van der Waals surface area contributed by atoms with Gasteiger partial charge in [-0.05, 0) is 35.9 Å². The van der Waals surface area contributed by atoms with Crippen molar-refractivity contribution in [3.63, 3.8) is 0 Å². The highest BCUT2D eigenvalue weighted by molar-refractivity contribution is 5.87. The van der Waals surface area contributed by atoms with Crippen molar-refractivity contribution in [3.05, 3.63) is 76.3 Å². The second-order valence-corrected chi connectivity index (χ2v) is 6.10. The van der Waals surface area contributed by atoms with Crippen LogP contribution in [0.3, 0.4) is 0 Å². The van der Waals surface area contributed by atoms with Crippen LogP contribution in [-0.2, 0) is 6.54 Å². The molecule has 0 aliphatic carbocycles. The quantitative estimate of drug-likeness (QED) is 0.307. The van der Waals surface area contributed by atoms with Crippen LogP contribution in [0.4, 0.5) is 11.4 Å². The summed E-state index contributed by atoms with van der Waals surface area (Å²) >= 11 is 0. The van der Waals surface area contributed by atoms with Crippen molar-refractivity contribution in [2.75, 3.05) is 25.0 Å². The third-order valence-corrected chi connectivity index (χ3v) is 4.31. The molecule has 0 fully saturated rings. The second-order valence-electron chi connectivity index (χ2n) is 6.10. The van der Waals surface area contributed by atoms with Crippen LogP contribution in [0, 0.1) is 10.1 Å². The van der Waals surface area contributed by atoms with Crippen molar-refractivity contribution < 1.29 is 9.66 Å². The van der Waals surface area contributed by atoms with E-state index in [1.54, 1.807) is 12.1 Å². The number of nitro benzene ring substituents is 1. The minimum atomic E-state index is -0.397. The number of benzene rings is 3. The molecule has 2 N–H and O–H groups in total. The molecular weight excluding hydrogens is 378 g/mol. The summed E-state index contributed by atoms with van der Waals surface area (Å²) in [5.74, 6) is 0.909. The summed E-state index contributed by atoms with van der Waals surface area (Å²) in [5, 5.41) is 19.8. The van der Waals surface area contributed by atoms with E-state index >= 15 is 0 Å². The third kappa shape index (κ3) is 5.34. The van der Waals surface area contributed by atoms with Gasteiger partial charge in [0, 0.05) is 43.0 Å². The first-order valence-corrected chi connectivity index (χ1v) is 9.01. The number of nitrogens with one attached hydrogen (secondary N) is 2. The maximum absolute atomic E-state index is 10.7. The summed E-state index contributed by atoms with van der Waals surface area (Å²) in [4.78, 5) is 10.3. The SMILES string of the molecule is CCOc1ccc2ccccc2c1CNCCNc1ccc([N+](=O)[O-])cc1.Cl. The molecule has 0 radical (unpaired) electrons. The Balaban J connectivity index is 0.00000280. The number of nitrogens with zero attached hydrogens (tertiary/aromatic N) is 1. The fraction of sp³-hybridized carbons (Fsp3) is 0.238. The monoisotopic (exact) mass is 401 g/mol. The van der Waals surface area contributed by atoms with Gasteiger partial charge in [0.2, 0.25) is 0 Å². The molecule has 7 heteroatoms. The van der Waals surface area contributed by atoms with Gasteiger partial charge < -0.3 is 15.4 Å². The van der Waals surface area contributed by atoms with Crippen LogP contribution in [0.1, 0.15) is 12.5 Å². The highest BCUT2D eigenvalue weighted by Crippen LogP contribution is 2.28. The molecule has 3 aromatic carbocycles. The normalized spacial score (nSPS) is 10.3. The summed E-state index contributed by atoms with van der Waals surface area (Å²) in [6.07, 6.45) is 0. The molecule has 0 saturated heterocycles.